The van der Waals surface area contributed by atoms with Gasteiger partial charge >= 0.3 is 0 Å². The average molecular weight is 322 g/mol. The van der Waals surface area contributed by atoms with Gasteiger partial charge in [0, 0.05) is 19.3 Å². The van der Waals surface area contributed by atoms with Gasteiger partial charge in [-0.1, -0.05) is 6.07 Å². The van der Waals surface area contributed by atoms with Crippen LogP contribution in [0.25, 0.3) is 0 Å². The third-order valence-corrected chi connectivity index (χ3v) is 5.20. The Morgan fingerprint density at radius 2 is 1.73 bits per heavy atom. The second-order valence-electron chi connectivity index (χ2n) is 4.63. The fourth-order valence-electron chi connectivity index (χ4n) is 2.05. The molecule has 2 aromatic rings. The van der Waals surface area contributed by atoms with Gasteiger partial charge in [-0.2, -0.15) is 0 Å². The molecule has 0 N–H and O–H groups in total. The number of hydrogen-bond donors (Lipinski definition) is 0. The van der Waals surface area contributed by atoms with E-state index < -0.39 is 10.0 Å². The first-order valence-electron chi connectivity index (χ1n) is 6.54. The highest BCUT2D eigenvalue weighted by Gasteiger charge is 2.26. The Hall–Kier alpha value is -2.28. The standard InChI is InChI=1S/C15H18N2O4S/c1-11-9-12(20-3)13(21-4)10-14(11)22(18,19)17(2)15-7-5-6-8-16-15/h5-10H,1-4H3. The van der Waals surface area contributed by atoms with Crippen LogP contribution in [0.2, 0.25) is 0 Å². The van der Waals surface area contributed by atoms with Gasteiger partial charge in [-0.05, 0) is 30.7 Å². The summed E-state index contributed by atoms with van der Waals surface area (Å²) in [6.45, 7) is 1.71. The molecule has 0 aliphatic carbocycles. The van der Waals surface area contributed by atoms with E-state index in [9.17, 15) is 8.42 Å². The molecule has 0 unspecified atom stereocenters. The van der Waals surface area contributed by atoms with Crippen LogP contribution < -0.4 is 13.8 Å². The molecule has 1 heterocycles. The number of anilines is 1. The van der Waals surface area contributed by atoms with E-state index >= 15 is 0 Å². The molecule has 0 fully saturated rings. The first-order chi connectivity index (χ1) is 10.4. The molecule has 0 saturated carbocycles. The number of benzene rings is 1. The Kier molecular flexibility index (Phi) is 4.56. The molecule has 0 bridgehead atoms. The van der Waals surface area contributed by atoms with E-state index in [1.54, 1.807) is 37.4 Å². The molecule has 1 aromatic carbocycles. The zero-order valence-corrected chi connectivity index (χ0v) is 13.7. The first kappa shape index (κ1) is 16.1. The van der Waals surface area contributed by atoms with Crippen LogP contribution in [0.15, 0.2) is 41.4 Å². The van der Waals surface area contributed by atoms with E-state index in [0.717, 1.165) is 4.31 Å². The molecular formula is C15H18N2O4S. The van der Waals surface area contributed by atoms with E-state index in [1.165, 1.54) is 27.3 Å². The summed E-state index contributed by atoms with van der Waals surface area (Å²) in [6.07, 6.45) is 1.54. The molecule has 0 radical (unpaired) electrons. The summed E-state index contributed by atoms with van der Waals surface area (Å²) in [5, 5.41) is 0. The van der Waals surface area contributed by atoms with Crippen molar-refractivity contribution in [3.63, 3.8) is 0 Å². The van der Waals surface area contributed by atoms with Gasteiger partial charge in [0.2, 0.25) is 0 Å². The van der Waals surface area contributed by atoms with Crippen LogP contribution in [-0.2, 0) is 10.0 Å². The normalized spacial score (nSPS) is 11.1. The Balaban J connectivity index is 2.54. The minimum atomic E-state index is -3.75. The third-order valence-electron chi connectivity index (χ3n) is 3.29. The fourth-order valence-corrected chi connectivity index (χ4v) is 3.42. The maximum atomic E-state index is 12.8. The second kappa shape index (κ2) is 6.23. The lowest BCUT2D eigenvalue weighted by Gasteiger charge is -2.20. The van der Waals surface area contributed by atoms with Crippen LogP contribution in [0.3, 0.4) is 0 Å². The lowest BCUT2D eigenvalue weighted by molar-refractivity contribution is 0.353. The van der Waals surface area contributed by atoms with Gasteiger partial charge in [-0.3, -0.25) is 4.31 Å². The number of aromatic nitrogens is 1. The molecule has 6 nitrogen and oxygen atoms in total. The number of pyridine rings is 1. The van der Waals surface area contributed by atoms with Crippen molar-refractivity contribution >= 4 is 15.8 Å². The molecule has 22 heavy (non-hydrogen) atoms. The number of ether oxygens (including phenoxy) is 2. The Morgan fingerprint density at radius 3 is 2.27 bits per heavy atom. The smallest absolute Gasteiger partial charge is 0.265 e. The maximum absolute atomic E-state index is 12.8. The summed E-state index contributed by atoms with van der Waals surface area (Å²) in [5.41, 5.74) is 0.570. The molecule has 1 aromatic heterocycles. The molecule has 0 atom stereocenters. The van der Waals surface area contributed by atoms with Gasteiger partial charge in [-0.25, -0.2) is 13.4 Å². The van der Waals surface area contributed by atoms with Crippen LogP contribution in [0, 0.1) is 6.92 Å². The molecule has 2 rings (SSSR count). The molecule has 0 spiro atoms. The van der Waals surface area contributed by atoms with E-state index in [2.05, 4.69) is 4.98 Å². The number of aryl methyl sites for hydroxylation is 1. The summed E-state index contributed by atoms with van der Waals surface area (Å²) < 4.78 is 37.1. The lowest BCUT2D eigenvalue weighted by Crippen LogP contribution is -2.28. The van der Waals surface area contributed by atoms with Crippen molar-refractivity contribution in [1.29, 1.82) is 0 Å². The monoisotopic (exact) mass is 322 g/mol. The second-order valence-corrected chi connectivity index (χ2v) is 6.57. The topological polar surface area (TPSA) is 68.7 Å². The summed E-state index contributed by atoms with van der Waals surface area (Å²) >= 11 is 0. The Labute approximate surface area is 130 Å². The molecule has 0 aliphatic heterocycles. The molecular weight excluding hydrogens is 304 g/mol. The van der Waals surface area contributed by atoms with Crippen molar-refractivity contribution in [2.45, 2.75) is 11.8 Å². The minimum absolute atomic E-state index is 0.151. The fraction of sp³-hybridized carbons (Fsp3) is 0.267. The number of nitrogens with zero attached hydrogens (tertiary/aromatic N) is 2. The molecule has 0 amide bonds. The first-order valence-corrected chi connectivity index (χ1v) is 7.98. The van der Waals surface area contributed by atoms with Gasteiger partial charge in [0.1, 0.15) is 5.82 Å². The highest BCUT2D eigenvalue weighted by Crippen LogP contribution is 2.34. The number of hydrogen-bond acceptors (Lipinski definition) is 5. The molecule has 118 valence electrons. The van der Waals surface area contributed by atoms with Crippen LogP contribution in [0.4, 0.5) is 5.82 Å². The van der Waals surface area contributed by atoms with Crippen molar-refractivity contribution in [3.05, 3.63) is 42.1 Å². The summed E-state index contributed by atoms with van der Waals surface area (Å²) in [4.78, 5) is 4.22. The SMILES string of the molecule is COc1cc(C)c(S(=O)(=O)N(C)c2ccccn2)cc1OC. The summed E-state index contributed by atoms with van der Waals surface area (Å²) in [7, 11) is 0.691. The number of rotatable bonds is 5. The van der Waals surface area contributed by atoms with Gasteiger partial charge in [-0.15, -0.1) is 0 Å². The van der Waals surface area contributed by atoms with Gasteiger partial charge in [0.15, 0.2) is 11.5 Å². The molecule has 0 saturated heterocycles. The Bertz CT molecular complexity index is 761. The van der Waals surface area contributed by atoms with Crippen LogP contribution in [0.5, 0.6) is 11.5 Å². The van der Waals surface area contributed by atoms with Crippen LogP contribution in [0.1, 0.15) is 5.56 Å². The minimum Gasteiger partial charge on any atom is -0.493 e. The van der Waals surface area contributed by atoms with Crippen molar-refractivity contribution in [1.82, 2.24) is 4.98 Å². The van der Waals surface area contributed by atoms with E-state index in [4.69, 9.17) is 9.47 Å². The van der Waals surface area contributed by atoms with Gasteiger partial charge < -0.3 is 9.47 Å². The van der Waals surface area contributed by atoms with Gasteiger partial charge in [0.05, 0.1) is 19.1 Å². The van der Waals surface area contributed by atoms with Crippen molar-refractivity contribution in [2.75, 3.05) is 25.6 Å². The van der Waals surface area contributed by atoms with E-state index in [1.807, 2.05) is 0 Å². The predicted octanol–water partition coefficient (Wildman–Crippen LogP) is 2.23. The summed E-state index contributed by atoms with van der Waals surface area (Å²) in [6, 6.07) is 8.19. The summed E-state index contributed by atoms with van der Waals surface area (Å²) in [5.74, 6) is 1.19. The lowest BCUT2D eigenvalue weighted by atomic mass is 10.2. The largest absolute Gasteiger partial charge is 0.493 e. The third kappa shape index (κ3) is 2.85. The van der Waals surface area contributed by atoms with Crippen molar-refractivity contribution in [2.24, 2.45) is 0 Å². The number of methoxy groups -OCH3 is 2. The van der Waals surface area contributed by atoms with Crippen LogP contribution >= 0.6 is 0 Å². The van der Waals surface area contributed by atoms with E-state index in [-0.39, 0.29) is 4.90 Å². The van der Waals surface area contributed by atoms with Crippen molar-refractivity contribution < 1.29 is 17.9 Å². The highest BCUT2D eigenvalue weighted by atomic mass is 32.2. The quantitative estimate of drug-likeness (QED) is 0.844. The van der Waals surface area contributed by atoms with Gasteiger partial charge in [0.25, 0.3) is 10.0 Å². The van der Waals surface area contributed by atoms with Crippen LogP contribution in [-0.4, -0.2) is 34.7 Å². The zero-order chi connectivity index (χ0) is 16.3. The highest BCUT2D eigenvalue weighted by molar-refractivity contribution is 7.92. The zero-order valence-electron chi connectivity index (χ0n) is 12.9. The maximum Gasteiger partial charge on any atom is 0.265 e. The number of sulfonamides is 1. The predicted molar refractivity (Wildman–Crippen MR) is 84.1 cm³/mol. The van der Waals surface area contributed by atoms with E-state index in [0.29, 0.717) is 22.9 Å². The van der Waals surface area contributed by atoms with Crippen molar-refractivity contribution in [3.8, 4) is 11.5 Å². The Morgan fingerprint density at radius 1 is 1.09 bits per heavy atom. The average Bonchev–Trinajstić information content (AvgIpc) is 2.54. The molecule has 0 aliphatic rings. The molecule has 7 heteroatoms.